The van der Waals surface area contributed by atoms with Gasteiger partial charge >= 0.3 is 0 Å². The van der Waals surface area contributed by atoms with Crippen molar-refractivity contribution in [1.29, 1.82) is 5.26 Å². The van der Waals surface area contributed by atoms with Crippen LogP contribution < -0.4 is 15.5 Å². The average molecular weight is 338 g/mol. The maximum Gasteiger partial charge on any atom is 0.270 e. The topological polar surface area (TPSA) is 85.2 Å². The zero-order valence-electron chi connectivity index (χ0n) is 14.1. The molecule has 1 saturated heterocycles. The van der Waals surface area contributed by atoms with Crippen LogP contribution in [0.3, 0.4) is 0 Å². The Bertz CT molecular complexity index is 729. The van der Waals surface area contributed by atoms with Gasteiger partial charge in [0.15, 0.2) is 0 Å². The Morgan fingerprint density at radius 2 is 2.04 bits per heavy atom. The highest BCUT2D eigenvalue weighted by Gasteiger charge is 2.25. The number of amides is 2. The summed E-state index contributed by atoms with van der Waals surface area (Å²) in [6.07, 6.45) is 4.61. The molecule has 2 aliphatic rings. The summed E-state index contributed by atoms with van der Waals surface area (Å²) in [4.78, 5) is 26.6. The average Bonchev–Trinajstić information content (AvgIpc) is 2.68. The molecular formula is C19H22N4O2. The molecule has 0 aliphatic carbocycles. The van der Waals surface area contributed by atoms with E-state index < -0.39 is 0 Å². The van der Waals surface area contributed by atoms with Gasteiger partial charge in [-0.3, -0.25) is 9.59 Å². The fraction of sp³-hybridized carbons (Fsp3) is 0.421. The summed E-state index contributed by atoms with van der Waals surface area (Å²) < 4.78 is 0. The van der Waals surface area contributed by atoms with E-state index in [4.69, 9.17) is 0 Å². The first-order chi connectivity index (χ1) is 12.2. The van der Waals surface area contributed by atoms with E-state index in [0.717, 1.165) is 50.0 Å². The minimum Gasteiger partial charge on any atom is -0.331 e. The van der Waals surface area contributed by atoms with E-state index in [1.54, 1.807) is 4.90 Å². The number of aryl methyl sites for hydroxylation is 1. The molecule has 3 rings (SSSR count). The number of fused-ring (bicyclic) bond motifs is 1. The number of carbonyl (C=O) groups excluding carboxylic acids is 2. The molecule has 0 radical (unpaired) electrons. The van der Waals surface area contributed by atoms with E-state index >= 15 is 0 Å². The number of nitriles is 1. The van der Waals surface area contributed by atoms with Crippen LogP contribution >= 0.6 is 0 Å². The molecule has 1 fully saturated rings. The van der Waals surface area contributed by atoms with E-state index in [1.165, 1.54) is 6.20 Å². The highest BCUT2D eigenvalue weighted by atomic mass is 16.2. The summed E-state index contributed by atoms with van der Waals surface area (Å²) in [5.74, 6) is -0.551. The molecule has 0 aromatic heterocycles. The van der Waals surface area contributed by atoms with Gasteiger partial charge in [-0.05, 0) is 50.4 Å². The van der Waals surface area contributed by atoms with Crippen LogP contribution in [0.4, 0.5) is 5.69 Å². The van der Waals surface area contributed by atoms with Crippen LogP contribution in [0.5, 0.6) is 0 Å². The molecule has 6 nitrogen and oxygen atoms in total. The molecule has 1 aromatic carbocycles. The second-order valence-electron chi connectivity index (χ2n) is 6.39. The van der Waals surface area contributed by atoms with E-state index in [1.807, 2.05) is 30.3 Å². The van der Waals surface area contributed by atoms with Gasteiger partial charge in [0, 0.05) is 24.4 Å². The number of para-hydroxylation sites is 1. The van der Waals surface area contributed by atoms with Gasteiger partial charge in [-0.15, -0.1) is 0 Å². The van der Waals surface area contributed by atoms with Crippen molar-refractivity contribution in [3.8, 4) is 6.07 Å². The molecule has 25 heavy (non-hydrogen) atoms. The maximum absolute atomic E-state index is 12.8. The van der Waals surface area contributed by atoms with Gasteiger partial charge in [0.2, 0.25) is 5.91 Å². The molecule has 0 bridgehead atoms. The summed E-state index contributed by atoms with van der Waals surface area (Å²) in [5, 5.41) is 15.2. The van der Waals surface area contributed by atoms with Crippen molar-refractivity contribution in [2.45, 2.75) is 25.7 Å². The molecule has 0 atom stereocenters. The first kappa shape index (κ1) is 17.2. The Morgan fingerprint density at radius 1 is 1.28 bits per heavy atom. The zero-order valence-corrected chi connectivity index (χ0v) is 14.1. The van der Waals surface area contributed by atoms with Gasteiger partial charge in [-0.25, -0.2) is 0 Å². The predicted octanol–water partition coefficient (Wildman–Crippen LogP) is 1.49. The Balaban J connectivity index is 1.71. The number of anilines is 1. The highest BCUT2D eigenvalue weighted by Crippen LogP contribution is 2.27. The van der Waals surface area contributed by atoms with Gasteiger partial charge in [0.25, 0.3) is 5.91 Å². The number of nitrogens with one attached hydrogen (secondary N) is 2. The molecule has 2 heterocycles. The SMILES string of the molecule is N#C/C(=C/NC(=O)C1CCNCC1)C(=O)N1CCCc2ccccc21. The number of piperidine rings is 1. The zero-order chi connectivity index (χ0) is 17.6. The minimum atomic E-state index is -0.361. The number of nitrogens with zero attached hydrogens (tertiary/aromatic N) is 2. The number of rotatable bonds is 3. The standard InChI is InChI=1S/C19H22N4O2/c20-12-16(13-22-18(24)15-7-9-21-10-8-15)19(25)23-11-3-5-14-4-1-2-6-17(14)23/h1-2,4,6,13,15,21H,3,5,7-11H2,(H,22,24)/b16-13-. The second kappa shape index (κ2) is 7.95. The number of carbonyl (C=O) groups is 2. The largest absolute Gasteiger partial charge is 0.331 e. The fourth-order valence-electron chi connectivity index (χ4n) is 3.38. The summed E-state index contributed by atoms with van der Waals surface area (Å²) in [6, 6.07) is 9.67. The Labute approximate surface area is 147 Å². The number of hydrogen-bond acceptors (Lipinski definition) is 4. The number of benzene rings is 1. The van der Waals surface area contributed by atoms with Crippen LogP contribution in [0.1, 0.15) is 24.8 Å². The summed E-state index contributed by atoms with van der Waals surface area (Å²) in [5.41, 5.74) is 1.92. The quantitative estimate of drug-likeness (QED) is 0.646. The lowest BCUT2D eigenvalue weighted by Crippen LogP contribution is -2.38. The first-order valence-electron chi connectivity index (χ1n) is 8.72. The highest BCUT2D eigenvalue weighted by molar-refractivity contribution is 6.09. The molecule has 2 aliphatic heterocycles. The van der Waals surface area contributed by atoms with Crippen molar-refractivity contribution in [1.82, 2.24) is 10.6 Å². The molecule has 2 amide bonds. The first-order valence-corrected chi connectivity index (χ1v) is 8.72. The van der Waals surface area contributed by atoms with Crippen molar-refractivity contribution in [3.05, 3.63) is 41.6 Å². The monoisotopic (exact) mass is 338 g/mol. The third-order valence-corrected chi connectivity index (χ3v) is 4.77. The van der Waals surface area contributed by atoms with E-state index in [2.05, 4.69) is 10.6 Å². The van der Waals surface area contributed by atoms with Gasteiger partial charge in [-0.1, -0.05) is 18.2 Å². The van der Waals surface area contributed by atoms with Gasteiger partial charge < -0.3 is 15.5 Å². The van der Waals surface area contributed by atoms with Crippen molar-refractivity contribution in [2.24, 2.45) is 5.92 Å². The van der Waals surface area contributed by atoms with Crippen LogP contribution in [0, 0.1) is 17.2 Å². The van der Waals surface area contributed by atoms with Gasteiger partial charge in [0.05, 0.1) is 0 Å². The lowest BCUT2D eigenvalue weighted by atomic mass is 9.97. The summed E-state index contributed by atoms with van der Waals surface area (Å²) >= 11 is 0. The molecule has 2 N–H and O–H groups in total. The van der Waals surface area contributed by atoms with E-state index in [0.29, 0.717) is 6.54 Å². The normalized spacial score (nSPS) is 18.2. The molecular weight excluding hydrogens is 316 g/mol. The smallest absolute Gasteiger partial charge is 0.270 e. The number of hydrogen-bond donors (Lipinski definition) is 2. The van der Waals surface area contributed by atoms with Crippen LogP contribution in [-0.2, 0) is 16.0 Å². The third kappa shape index (κ3) is 3.89. The maximum atomic E-state index is 12.8. The van der Waals surface area contributed by atoms with Crippen LogP contribution in [0.2, 0.25) is 0 Å². The molecule has 0 saturated carbocycles. The fourth-order valence-corrected chi connectivity index (χ4v) is 3.38. The molecule has 0 spiro atoms. The molecule has 130 valence electrons. The van der Waals surface area contributed by atoms with Crippen molar-refractivity contribution >= 4 is 17.5 Å². The van der Waals surface area contributed by atoms with Crippen molar-refractivity contribution < 1.29 is 9.59 Å². The van der Waals surface area contributed by atoms with Gasteiger partial charge in [0.1, 0.15) is 11.6 Å². The lowest BCUT2D eigenvalue weighted by molar-refractivity contribution is -0.124. The van der Waals surface area contributed by atoms with Crippen LogP contribution in [0.15, 0.2) is 36.0 Å². The van der Waals surface area contributed by atoms with E-state index in [-0.39, 0.29) is 23.3 Å². The molecule has 6 heteroatoms. The Morgan fingerprint density at radius 3 is 2.80 bits per heavy atom. The Hall–Kier alpha value is -2.65. The Kier molecular flexibility index (Phi) is 5.46. The van der Waals surface area contributed by atoms with Gasteiger partial charge in [-0.2, -0.15) is 5.26 Å². The minimum absolute atomic E-state index is 0.0426. The second-order valence-corrected chi connectivity index (χ2v) is 6.39. The van der Waals surface area contributed by atoms with Crippen LogP contribution in [0.25, 0.3) is 0 Å². The lowest BCUT2D eigenvalue weighted by Gasteiger charge is -2.29. The summed E-state index contributed by atoms with van der Waals surface area (Å²) in [7, 11) is 0. The molecule has 1 aromatic rings. The molecule has 0 unspecified atom stereocenters. The van der Waals surface area contributed by atoms with Crippen molar-refractivity contribution in [3.63, 3.8) is 0 Å². The third-order valence-electron chi connectivity index (χ3n) is 4.77. The van der Waals surface area contributed by atoms with Crippen LogP contribution in [-0.4, -0.2) is 31.4 Å². The summed E-state index contributed by atoms with van der Waals surface area (Å²) in [6.45, 7) is 2.21. The van der Waals surface area contributed by atoms with Crippen molar-refractivity contribution in [2.75, 3.05) is 24.5 Å². The van der Waals surface area contributed by atoms with E-state index in [9.17, 15) is 14.9 Å². The predicted molar refractivity (Wildman–Crippen MR) is 94.5 cm³/mol.